The molecule has 0 unspecified atom stereocenters. The van der Waals surface area contributed by atoms with E-state index in [1.807, 2.05) is 6.92 Å². The highest BCUT2D eigenvalue weighted by Gasteiger charge is 2.05. The van der Waals surface area contributed by atoms with Gasteiger partial charge in [0.05, 0.1) is 6.61 Å². The van der Waals surface area contributed by atoms with Crippen LogP contribution in [-0.2, 0) is 11.3 Å². The van der Waals surface area contributed by atoms with Gasteiger partial charge in [0.25, 0.3) is 5.91 Å². The highest BCUT2D eigenvalue weighted by Crippen LogP contribution is 1.98. The quantitative estimate of drug-likeness (QED) is 0.680. The standard InChI is InChI=1S/C11H17N3O2/c1-2-16-6-5-13-11(15)10-4-3-9(7-12)8-14-10/h3-4,8H,2,5-7,12H2,1H3,(H,13,15). The lowest BCUT2D eigenvalue weighted by Crippen LogP contribution is -2.28. The van der Waals surface area contributed by atoms with Crippen LogP contribution in [0.2, 0.25) is 0 Å². The van der Waals surface area contributed by atoms with E-state index in [1.165, 1.54) is 0 Å². The summed E-state index contributed by atoms with van der Waals surface area (Å²) in [5.41, 5.74) is 6.74. The van der Waals surface area contributed by atoms with Gasteiger partial charge in [0.2, 0.25) is 0 Å². The minimum atomic E-state index is -0.191. The molecule has 0 bridgehead atoms. The molecule has 5 nitrogen and oxygen atoms in total. The molecule has 0 radical (unpaired) electrons. The topological polar surface area (TPSA) is 77.2 Å². The molecule has 1 aromatic heterocycles. The number of pyridine rings is 1. The number of hydrogen-bond acceptors (Lipinski definition) is 4. The summed E-state index contributed by atoms with van der Waals surface area (Å²) < 4.78 is 5.10. The third kappa shape index (κ3) is 3.96. The average molecular weight is 223 g/mol. The highest BCUT2D eigenvalue weighted by molar-refractivity contribution is 5.92. The Morgan fingerprint density at radius 1 is 1.56 bits per heavy atom. The molecule has 0 fully saturated rings. The summed E-state index contributed by atoms with van der Waals surface area (Å²) in [5, 5.41) is 2.71. The van der Waals surface area contributed by atoms with Crippen molar-refractivity contribution in [2.24, 2.45) is 5.73 Å². The summed E-state index contributed by atoms with van der Waals surface area (Å²) in [6.07, 6.45) is 1.61. The van der Waals surface area contributed by atoms with Crippen LogP contribution in [0, 0.1) is 0 Å². The van der Waals surface area contributed by atoms with E-state index >= 15 is 0 Å². The molecule has 1 amide bonds. The molecular weight excluding hydrogens is 206 g/mol. The first-order valence-corrected chi connectivity index (χ1v) is 5.29. The summed E-state index contributed by atoms with van der Waals surface area (Å²) in [6.45, 7) is 4.00. The number of carbonyl (C=O) groups excluding carboxylic acids is 1. The van der Waals surface area contributed by atoms with Gasteiger partial charge in [-0.15, -0.1) is 0 Å². The van der Waals surface area contributed by atoms with E-state index in [2.05, 4.69) is 10.3 Å². The Hall–Kier alpha value is -1.46. The summed E-state index contributed by atoms with van der Waals surface area (Å²) in [4.78, 5) is 15.6. The molecular formula is C11H17N3O2. The Balaban J connectivity index is 2.40. The van der Waals surface area contributed by atoms with Gasteiger partial charge in [-0.25, -0.2) is 0 Å². The van der Waals surface area contributed by atoms with Gasteiger partial charge in [0.15, 0.2) is 0 Å². The number of nitrogens with one attached hydrogen (secondary N) is 1. The Morgan fingerprint density at radius 3 is 2.94 bits per heavy atom. The maximum absolute atomic E-state index is 11.5. The Bertz CT molecular complexity index is 325. The van der Waals surface area contributed by atoms with E-state index in [0.717, 1.165) is 5.56 Å². The van der Waals surface area contributed by atoms with E-state index < -0.39 is 0 Å². The fourth-order valence-corrected chi connectivity index (χ4v) is 1.15. The third-order valence-corrected chi connectivity index (χ3v) is 2.03. The van der Waals surface area contributed by atoms with Gasteiger partial charge < -0.3 is 15.8 Å². The SMILES string of the molecule is CCOCCNC(=O)c1ccc(CN)cn1. The van der Waals surface area contributed by atoms with E-state index in [4.69, 9.17) is 10.5 Å². The van der Waals surface area contributed by atoms with E-state index in [0.29, 0.717) is 32.0 Å². The van der Waals surface area contributed by atoms with Crippen molar-refractivity contribution in [3.63, 3.8) is 0 Å². The van der Waals surface area contributed by atoms with Crippen molar-refractivity contribution in [3.8, 4) is 0 Å². The van der Waals surface area contributed by atoms with Gasteiger partial charge in [-0.1, -0.05) is 6.07 Å². The van der Waals surface area contributed by atoms with Crippen LogP contribution in [0.15, 0.2) is 18.3 Å². The summed E-state index contributed by atoms with van der Waals surface area (Å²) in [6, 6.07) is 3.46. The van der Waals surface area contributed by atoms with Crippen LogP contribution in [0.25, 0.3) is 0 Å². The zero-order valence-corrected chi connectivity index (χ0v) is 9.40. The molecule has 1 aromatic rings. The lowest BCUT2D eigenvalue weighted by molar-refractivity contribution is 0.0917. The van der Waals surface area contributed by atoms with Crippen molar-refractivity contribution in [2.75, 3.05) is 19.8 Å². The smallest absolute Gasteiger partial charge is 0.269 e. The summed E-state index contributed by atoms with van der Waals surface area (Å²) in [5.74, 6) is -0.191. The molecule has 0 aliphatic heterocycles. The van der Waals surface area contributed by atoms with E-state index in [-0.39, 0.29) is 5.91 Å². The fourth-order valence-electron chi connectivity index (χ4n) is 1.15. The number of nitrogens with two attached hydrogens (primary N) is 1. The maximum Gasteiger partial charge on any atom is 0.269 e. The normalized spacial score (nSPS) is 10.1. The number of rotatable bonds is 6. The van der Waals surface area contributed by atoms with Crippen molar-refractivity contribution >= 4 is 5.91 Å². The molecule has 0 aliphatic carbocycles. The number of aromatic nitrogens is 1. The zero-order valence-electron chi connectivity index (χ0n) is 9.40. The molecule has 88 valence electrons. The number of amides is 1. The van der Waals surface area contributed by atoms with E-state index in [1.54, 1.807) is 18.3 Å². The highest BCUT2D eigenvalue weighted by atomic mass is 16.5. The average Bonchev–Trinajstić information content (AvgIpc) is 2.34. The van der Waals surface area contributed by atoms with Gasteiger partial charge in [0.1, 0.15) is 5.69 Å². The van der Waals surface area contributed by atoms with Crippen LogP contribution in [0.5, 0.6) is 0 Å². The van der Waals surface area contributed by atoms with Crippen molar-refractivity contribution in [1.29, 1.82) is 0 Å². The molecule has 16 heavy (non-hydrogen) atoms. The minimum absolute atomic E-state index is 0.191. The molecule has 1 rings (SSSR count). The Morgan fingerprint density at radius 2 is 2.38 bits per heavy atom. The van der Waals surface area contributed by atoms with Gasteiger partial charge >= 0.3 is 0 Å². The van der Waals surface area contributed by atoms with Crippen LogP contribution in [0.4, 0.5) is 0 Å². The molecule has 0 atom stereocenters. The molecule has 0 spiro atoms. The van der Waals surface area contributed by atoms with Crippen molar-refractivity contribution < 1.29 is 9.53 Å². The Labute approximate surface area is 95.0 Å². The van der Waals surface area contributed by atoms with Gasteiger partial charge in [-0.05, 0) is 18.6 Å². The van der Waals surface area contributed by atoms with Gasteiger partial charge in [0, 0.05) is 25.9 Å². The van der Waals surface area contributed by atoms with Gasteiger partial charge in [-0.3, -0.25) is 9.78 Å². The summed E-state index contributed by atoms with van der Waals surface area (Å²) >= 11 is 0. The van der Waals surface area contributed by atoms with Crippen molar-refractivity contribution in [3.05, 3.63) is 29.6 Å². The first-order valence-electron chi connectivity index (χ1n) is 5.29. The van der Waals surface area contributed by atoms with Crippen molar-refractivity contribution in [1.82, 2.24) is 10.3 Å². The predicted molar refractivity (Wildman–Crippen MR) is 61.0 cm³/mol. The molecule has 5 heteroatoms. The van der Waals surface area contributed by atoms with Crippen LogP contribution >= 0.6 is 0 Å². The second-order valence-electron chi connectivity index (χ2n) is 3.21. The van der Waals surface area contributed by atoms with Gasteiger partial charge in [-0.2, -0.15) is 0 Å². The second kappa shape index (κ2) is 6.92. The molecule has 0 aliphatic rings. The van der Waals surface area contributed by atoms with E-state index in [9.17, 15) is 4.79 Å². The first kappa shape index (κ1) is 12.6. The maximum atomic E-state index is 11.5. The predicted octanol–water partition coefficient (Wildman–Crippen LogP) is 0.307. The largest absolute Gasteiger partial charge is 0.380 e. The minimum Gasteiger partial charge on any atom is -0.380 e. The molecule has 1 heterocycles. The van der Waals surface area contributed by atoms with Crippen LogP contribution < -0.4 is 11.1 Å². The van der Waals surface area contributed by atoms with Crippen molar-refractivity contribution in [2.45, 2.75) is 13.5 Å². The lowest BCUT2D eigenvalue weighted by Gasteiger charge is -2.05. The first-order chi connectivity index (χ1) is 7.77. The van der Waals surface area contributed by atoms with Crippen LogP contribution in [0.3, 0.4) is 0 Å². The lowest BCUT2D eigenvalue weighted by atomic mass is 10.2. The molecule has 3 N–H and O–H groups in total. The zero-order chi connectivity index (χ0) is 11.8. The summed E-state index contributed by atoms with van der Waals surface area (Å²) in [7, 11) is 0. The number of hydrogen-bond donors (Lipinski definition) is 2. The third-order valence-electron chi connectivity index (χ3n) is 2.03. The molecule has 0 saturated heterocycles. The Kier molecular flexibility index (Phi) is 5.45. The fraction of sp³-hybridized carbons (Fsp3) is 0.455. The monoisotopic (exact) mass is 223 g/mol. The van der Waals surface area contributed by atoms with Crippen LogP contribution in [-0.4, -0.2) is 30.6 Å². The second-order valence-corrected chi connectivity index (χ2v) is 3.21. The molecule has 0 aromatic carbocycles. The number of carbonyl (C=O) groups is 1. The number of nitrogens with zero attached hydrogens (tertiary/aromatic N) is 1. The number of ether oxygens (including phenoxy) is 1. The van der Waals surface area contributed by atoms with Crippen LogP contribution in [0.1, 0.15) is 23.0 Å². The molecule has 0 saturated carbocycles.